The van der Waals surface area contributed by atoms with E-state index in [1.54, 1.807) is 19.3 Å². The molecule has 1 amide bonds. The third-order valence-corrected chi connectivity index (χ3v) is 6.41. The van der Waals surface area contributed by atoms with Gasteiger partial charge < -0.3 is 24.2 Å². The number of carbonyl (C=O) groups excluding carboxylic acids is 1. The van der Waals surface area contributed by atoms with Gasteiger partial charge in [0.05, 0.1) is 19.3 Å². The SMILES string of the molecule is C=CCOc1ccc(C2c3c(-c4c(C)cc(C)cc4O)n[nH]c3C(=O)N2CCCOC(C)C)cc1OC. The van der Waals surface area contributed by atoms with Crippen molar-refractivity contribution >= 4 is 5.91 Å². The van der Waals surface area contributed by atoms with Crippen LogP contribution in [0.4, 0.5) is 0 Å². The van der Waals surface area contributed by atoms with Crippen LogP contribution in [0.1, 0.15) is 59.1 Å². The van der Waals surface area contributed by atoms with Gasteiger partial charge in [-0.2, -0.15) is 5.10 Å². The molecule has 1 unspecified atom stereocenters. The van der Waals surface area contributed by atoms with Crippen molar-refractivity contribution in [2.45, 2.75) is 46.3 Å². The molecule has 0 saturated heterocycles. The molecule has 1 aliphatic rings. The number of H-pyrrole nitrogens is 1. The summed E-state index contributed by atoms with van der Waals surface area (Å²) in [4.78, 5) is 15.5. The van der Waals surface area contributed by atoms with Gasteiger partial charge in [0.25, 0.3) is 5.91 Å². The first-order valence-corrected chi connectivity index (χ1v) is 12.5. The van der Waals surface area contributed by atoms with Gasteiger partial charge in [-0.05, 0) is 69.0 Å². The van der Waals surface area contributed by atoms with E-state index in [1.807, 2.05) is 56.9 Å². The first-order valence-electron chi connectivity index (χ1n) is 12.5. The van der Waals surface area contributed by atoms with E-state index in [9.17, 15) is 9.90 Å². The average Bonchev–Trinajstić information content (AvgIpc) is 3.38. The van der Waals surface area contributed by atoms with E-state index >= 15 is 0 Å². The number of carbonyl (C=O) groups is 1. The second kappa shape index (κ2) is 11.1. The number of rotatable bonds is 11. The molecule has 0 bridgehead atoms. The minimum Gasteiger partial charge on any atom is -0.507 e. The standard InChI is InChI=1S/C29H35N3O5/c1-7-12-37-22-10-9-20(16-23(22)35-6)28-25-26(24-19(5)14-18(4)15-21(24)33)30-31-27(25)29(34)32(28)11-8-13-36-17(2)3/h7,9-10,14-17,28,33H,1,8,11-13H2,2-6H3,(H,30,31). The number of methoxy groups -OCH3 is 1. The largest absolute Gasteiger partial charge is 0.507 e. The summed E-state index contributed by atoms with van der Waals surface area (Å²) >= 11 is 0. The van der Waals surface area contributed by atoms with Crippen molar-refractivity contribution < 1.29 is 24.1 Å². The van der Waals surface area contributed by atoms with Crippen LogP contribution in [0.15, 0.2) is 43.0 Å². The predicted octanol–water partition coefficient (Wildman–Crippen LogP) is 5.33. The summed E-state index contributed by atoms with van der Waals surface area (Å²) in [5.41, 5.74) is 5.03. The maximum atomic E-state index is 13.6. The maximum Gasteiger partial charge on any atom is 0.273 e. The number of amides is 1. The van der Waals surface area contributed by atoms with Crippen LogP contribution < -0.4 is 9.47 Å². The molecule has 4 rings (SSSR count). The van der Waals surface area contributed by atoms with Gasteiger partial charge in [0.2, 0.25) is 0 Å². The number of phenolic OH excluding ortho intramolecular Hbond substituents is 1. The Kier molecular flexibility index (Phi) is 7.88. The van der Waals surface area contributed by atoms with Crippen LogP contribution in [-0.4, -0.2) is 59.1 Å². The number of aromatic amines is 1. The monoisotopic (exact) mass is 505 g/mol. The van der Waals surface area contributed by atoms with Crippen LogP contribution in [0, 0.1) is 13.8 Å². The number of hydrogen-bond acceptors (Lipinski definition) is 6. The molecule has 0 radical (unpaired) electrons. The third kappa shape index (κ3) is 5.20. The number of aryl methyl sites for hydroxylation is 2. The number of nitrogens with one attached hydrogen (secondary N) is 1. The Morgan fingerprint density at radius 2 is 2.00 bits per heavy atom. The van der Waals surface area contributed by atoms with Gasteiger partial charge >= 0.3 is 0 Å². The predicted molar refractivity (Wildman–Crippen MR) is 142 cm³/mol. The number of phenols is 1. The molecule has 3 aromatic rings. The Morgan fingerprint density at radius 3 is 2.68 bits per heavy atom. The molecule has 2 heterocycles. The normalized spacial score (nSPS) is 14.8. The van der Waals surface area contributed by atoms with Gasteiger partial charge in [0.15, 0.2) is 11.5 Å². The Bertz CT molecular complexity index is 1270. The molecule has 37 heavy (non-hydrogen) atoms. The van der Waals surface area contributed by atoms with E-state index in [1.165, 1.54) is 0 Å². The van der Waals surface area contributed by atoms with Crippen molar-refractivity contribution in [3.8, 4) is 28.5 Å². The van der Waals surface area contributed by atoms with E-state index in [0.717, 1.165) is 22.3 Å². The second-order valence-electron chi connectivity index (χ2n) is 9.52. The number of nitrogens with zero attached hydrogens (tertiary/aromatic N) is 2. The molecule has 2 N–H and O–H groups in total. The fraction of sp³-hybridized carbons (Fsp3) is 0.379. The lowest BCUT2D eigenvalue weighted by atomic mass is 9.93. The summed E-state index contributed by atoms with van der Waals surface area (Å²) in [5.74, 6) is 1.14. The minimum atomic E-state index is -0.433. The van der Waals surface area contributed by atoms with Crippen LogP contribution in [0.5, 0.6) is 17.2 Å². The van der Waals surface area contributed by atoms with Crippen molar-refractivity contribution in [1.82, 2.24) is 15.1 Å². The van der Waals surface area contributed by atoms with E-state index in [2.05, 4.69) is 16.8 Å². The summed E-state index contributed by atoms with van der Waals surface area (Å²) in [5, 5.41) is 18.4. The molecule has 8 nitrogen and oxygen atoms in total. The lowest BCUT2D eigenvalue weighted by molar-refractivity contribution is 0.0601. The fourth-order valence-corrected chi connectivity index (χ4v) is 4.89. The van der Waals surface area contributed by atoms with Gasteiger partial charge in [0, 0.05) is 24.3 Å². The van der Waals surface area contributed by atoms with Crippen molar-refractivity contribution in [2.24, 2.45) is 0 Å². The highest BCUT2D eigenvalue weighted by molar-refractivity contribution is 6.00. The molecule has 0 fully saturated rings. The maximum absolute atomic E-state index is 13.6. The lowest BCUT2D eigenvalue weighted by Gasteiger charge is -2.27. The van der Waals surface area contributed by atoms with Gasteiger partial charge in [-0.25, -0.2) is 0 Å². The molecular formula is C29H35N3O5. The molecule has 1 aromatic heterocycles. The zero-order chi connectivity index (χ0) is 26.7. The van der Waals surface area contributed by atoms with Crippen LogP contribution >= 0.6 is 0 Å². The molecule has 8 heteroatoms. The summed E-state index contributed by atoms with van der Waals surface area (Å²) in [7, 11) is 1.59. The number of aromatic hydroxyl groups is 1. The average molecular weight is 506 g/mol. The van der Waals surface area contributed by atoms with Crippen LogP contribution in [0.25, 0.3) is 11.3 Å². The van der Waals surface area contributed by atoms with Crippen molar-refractivity contribution in [2.75, 3.05) is 26.9 Å². The fourth-order valence-electron chi connectivity index (χ4n) is 4.89. The van der Waals surface area contributed by atoms with E-state index in [4.69, 9.17) is 14.2 Å². The first kappa shape index (κ1) is 26.3. The Labute approximate surface area is 217 Å². The van der Waals surface area contributed by atoms with Crippen molar-refractivity contribution in [3.05, 3.63) is 70.9 Å². The quantitative estimate of drug-likeness (QED) is 0.270. The van der Waals surface area contributed by atoms with E-state index < -0.39 is 6.04 Å². The van der Waals surface area contributed by atoms with Gasteiger partial charge in [-0.15, -0.1) is 0 Å². The highest BCUT2D eigenvalue weighted by atomic mass is 16.5. The lowest BCUT2D eigenvalue weighted by Crippen LogP contribution is -2.31. The van der Waals surface area contributed by atoms with Crippen molar-refractivity contribution in [3.63, 3.8) is 0 Å². The van der Waals surface area contributed by atoms with Gasteiger partial charge in [0.1, 0.15) is 23.7 Å². The van der Waals surface area contributed by atoms with Gasteiger partial charge in [-0.3, -0.25) is 9.89 Å². The number of fused-ring (bicyclic) bond motifs is 1. The summed E-state index contributed by atoms with van der Waals surface area (Å²) in [6, 6.07) is 8.95. The molecule has 196 valence electrons. The summed E-state index contributed by atoms with van der Waals surface area (Å²) in [6.07, 6.45) is 2.47. The third-order valence-electron chi connectivity index (χ3n) is 6.41. The Balaban J connectivity index is 1.81. The first-order chi connectivity index (χ1) is 17.8. The number of aromatic nitrogens is 2. The topological polar surface area (TPSA) is 96.9 Å². The van der Waals surface area contributed by atoms with Crippen molar-refractivity contribution in [1.29, 1.82) is 0 Å². The Morgan fingerprint density at radius 1 is 1.22 bits per heavy atom. The van der Waals surface area contributed by atoms with Gasteiger partial charge in [-0.1, -0.05) is 24.8 Å². The molecule has 0 aliphatic carbocycles. The second-order valence-corrected chi connectivity index (χ2v) is 9.52. The zero-order valence-electron chi connectivity index (χ0n) is 22.1. The van der Waals surface area contributed by atoms with Crippen LogP contribution in [0.2, 0.25) is 0 Å². The molecule has 0 saturated carbocycles. The highest BCUT2D eigenvalue weighted by Gasteiger charge is 2.42. The molecule has 1 aliphatic heterocycles. The number of hydrogen-bond donors (Lipinski definition) is 2. The highest BCUT2D eigenvalue weighted by Crippen LogP contribution is 2.46. The smallest absolute Gasteiger partial charge is 0.273 e. The Hall–Kier alpha value is -3.78. The van der Waals surface area contributed by atoms with Crippen LogP contribution in [-0.2, 0) is 4.74 Å². The molecule has 0 spiro atoms. The number of ether oxygens (including phenoxy) is 3. The molecular weight excluding hydrogens is 470 g/mol. The summed E-state index contributed by atoms with van der Waals surface area (Å²) < 4.78 is 17.1. The number of benzene rings is 2. The zero-order valence-corrected chi connectivity index (χ0v) is 22.1. The molecule has 2 aromatic carbocycles. The molecule has 1 atom stereocenters. The van der Waals surface area contributed by atoms with E-state index in [-0.39, 0.29) is 17.8 Å². The summed E-state index contributed by atoms with van der Waals surface area (Å²) in [6.45, 7) is 12.9. The van der Waals surface area contributed by atoms with E-state index in [0.29, 0.717) is 54.6 Å². The minimum absolute atomic E-state index is 0.119. The van der Waals surface area contributed by atoms with Crippen LogP contribution in [0.3, 0.4) is 0 Å².